The van der Waals surface area contributed by atoms with Gasteiger partial charge in [0, 0.05) is 13.3 Å². The molecular formula is C18H27NO10. The van der Waals surface area contributed by atoms with Crippen LogP contribution in [0.15, 0.2) is 0 Å². The van der Waals surface area contributed by atoms with E-state index >= 15 is 0 Å². The third-order valence-corrected chi connectivity index (χ3v) is 4.61. The molecule has 1 amide bonds. The van der Waals surface area contributed by atoms with Gasteiger partial charge in [-0.15, -0.1) is 0 Å². The summed E-state index contributed by atoms with van der Waals surface area (Å²) >= 11 is 0. The maximum Gasteiger partial charge on any atom is 0.223 e. The lowest BCUT2D eigenvalue weighted by Gasteiger charge is -2.46. The van der Waals surface area contributed by atoms with Gasteiger partial charge in [0.05, 0.1) is 0 Å². The molecule has 0 aromatic heterocycles. The minimum absolute atomic E-state index is 0.202. The molecule has 0 saturated heterocycles. The smallest absolute Gasteiger partial charge is 0.223 e. The summed E-state index contributed by atoms with van der Waals surface area (Å²) in [5, 5.41) is 44.1. The zero-order valence-corrected chi connectivity index (χ0v) is 16.9. The molecule has 0 aliphatic rings. The Balaban J connectivity index is 6.91. The van der Waals surface area contributed by atoms with E-state index in [-0.39, 0.29) is 12.8 Å². The molecule has 0 aliphatic carbocycles. The zero-order valence-electron chi connectivity index (χ0n) is 16.9. The predicted octanol–water partition coefficient (Wildman–Crippen LogP) is -2.62. The summed E-state index contributed by atoms with van der Waals surface area (Å²) in [4.78, 5) is 72.1. The SMILES string of the molecule is CCCC(=O)N[C@H](C(=O)C(C)=O)[C@](O)(C(C)=O)[C@@](O)(C(C)=O)[C@H](O)C(O)C(C)=O. The molecule has 29 heavy (non-hydrogen) atoms. The van der Waals surface area contributed by atoms with Gasteiger partial charge in [-0.25, -0.2) is 0 Å². The Kier molecular flexibility index (Phi) is 9.12. The van der Waals surface area contributed by atoms with Crippen molar-refractivity contribution in [3.05, 3.63) is 0 Å². The van der Waals surface area contributed by atoms with Gasteiger partial charge in [-0.1, -0.05) is 6.92 Å². The molecule has 0 radical (unpaired) electrons. The maximum atomic E-state index is 12.4. The largest absolute Gasteiger partial charge is 0.386 e. The van der Waals surface area contributed by atoms with Gasteiger partial charge in [-0.2, -0.15) is 0 Å². The third kappa shape index (κ3) is 4.99. The van der Waals surface area contributed by atoms with E-state index in [1.165, 1.54) is 0 Å². The number of hydrogen-bond donors (Lipinski definition) is 5. The van der Waals surface area contributed by atoms with E-state index in [9.17, 15) is 49.2 Å². The molecule has 5 atom stereocenters. The van der Waals surface area contributed by atoms with Crippen LogP contribution in [0.25, 0.3) is 0 Å². The molecule has 1 unspecified atom stereocenters. The molecule has 11 heteroatoms. The van der Waals surface area contributed by atoms with Crippen molar-refractivity contribution in [3.63, 3.8) is 0 Å². The third-order valence-electron chi connectivity index (χ3n) is 4.61. The molecular weight excluding hydrogens is 390 g/mol. The number of aliphatic hydroxyl groups excluding tert-OH is 2. The van der Waals surface area contributed by atoms with E-state index in [1.54, 1.807) is 6.92 Å². The number of rotatable bonds is 12. The lowest BCUT2D eigenvalue weighted by Crippen LogP contribution is -2.79. The molecule has 0 aromatic rings. The first-order chi connectivity index (χ1) is 13.1. The molecule has 0 saturated carbocycles. The van der Waals surface area contributed by atoms with Crippen LogP contribution in [-0.2, 0) is 28.8 Å². The number of hydrogen-bond acceptors (Lipinski definition) is 10. The molecule has 0 heterocycles. The van der Waals surface area contributed by atoms with Crippen LogP contribution in [0.4, 0.5) is 0 Å². The first-order valence-electron chi connectivity index (χ1n) is 8.78. The second-order valence-electron chi connectivity index (χ2n) is 6.82. The maximum absolute atomic E-state index is 12.4. The number of carbonyl (C=O) groups excluding carboxylic acids is 6. The van der Waals surface area contributed by atoms with Crippen LogP contribution in [0, 0.1) is 0 Å². The van der Waals surface area contributed by atoms with Gasteiger partial charge >= 0.3 is 0 Å². The fourth-order valence-electron chi connectivity index (χ4n) is 2.87. The summed E-state index contributed by atoms with van der Waals surface area (Å²) in [5.74, 6) is -7.81. The summed E-state index contributed by atoms with van der Waals surface area (Å²) in [6.45, 7) is 4.40. The average molecular weight is 417 g/mol. The van der Waals surface area contributed by atoms with E-state index in [0.29, 0.717) is 13.8 Å². The van der Waals surface area contributed by atoms with Gasteiger partial charge in [0.15, 0.2) is 34.3 Å². The normalized spacial score (nSPS) is 18.4. The monoisotopic (exact) mass is 417 g/mol. The van der Waals surface area contributed by atoms with Gasteiger partial charge in [0.2, 0.25) is 11.7 Å². The fourth-order valence-corrected chi connectivity index (χ4v) is 2.87. The van der Waals surface area contributed by atoms with E-state index in [2.05, 4.69) is 0 Å². The Hall–Kier alpha value is -2.34. The lowest BCUT2D eigenvalue weighted by atomic mass is 9.66. The van der Waals surface area contributed by atoms with Crippen LogP contribution in [0.1, 0.15) is 47.5 Å². The van der Waals surface area contributed by atoms with Gasteiger partial charge in [0.1, 0.15) is 18.2 Å². The Morgan fingerprint density at radius 3 is 1.62 bits per heavy atom. The highest BCUT2D eigenvalue weighted by Gasteiger charge is 2.67. The molecule has 0 aromatic carbocycles. The van der Waals surface area contributed by atoms with E-state index in [4.69, 9.17) is 0 Å². The standard InChI is InChI=1S/C18H27NO10/c1-6-7-12(24)19-15(13(25)8(2)20)17(28,10(4)22)18(29,11(5)23)16(27)14(26)9(3)21/h14-16,26-29H,6-7H2,1-5H3,(H,19,24)/t14?,15-,16-,17-,18-/m1/s1. The summed E-state index contributed by atoms with van der Waals surface area (Å²) in [7, 11) is 0. The van der Waals surface area contributed by atoms with Gasteiger partial charge in [0.25, 0.3) is 0 Å². The van der Waals surface area contributed by atoms with Gasteiger partial charge in [-0.05, 0) is 27.2 Å². The van der Waals surface area contributed by atoms with E-state index < -0.39 is 64.3 Å². The van der Waals surface area contributed by atoms with E-state index in [1.807, 2.05) is 5.32 Å². The second kappa shape index (κ2) is 9.92. The highest BCUT2D eigenvalue weighted by molar-refractivity contribution is 6.39. The van der Waals surface area contributed by atoms with Gasteiger partial charge < -0.3 is 25.7 Å². The number of nitrogens with one attached hydrogen (secondary N) is 1. The Labute approximate surface area is 167 Å². The van der Waals surface area contributed by atoms with Crippen molar-refractivity contribution >= 4 is 34.8 Å². The van der Waals surface area contributed by atoms with Crippen LogP contribution in [0.2, 0.25) is 0 Å². The highest BCUT2D eigenvalue weighted by atomic mass is 16.4. The number of aliphatic hydroxyl groups is 4. The van der Waals surface area contributed by atoms with Crippen LogP contribution >= 0.6 is 0 Å². The van der Waals surface area contributed by atoms with Crippen molar-refractivity contribution in [1.82, 2.24) is 5.32 Å². The topological polar surface area (TPSA) is 195 Å². The summed E-state index contributed by atoms with van der Waals surface area (Å²) in [5.41, 5.74) is -7.21. The molecule has 164 valence electrons. The first kappa shape index (κ1) is 26.7. The molecule has 0 bridgehead atoms. The number of ketones is 5. The zero-order chi connectivity index (χ0) is 23.3. The fraction of sp³-hybridized carbons (Fsp3) is 0.667. The lowest BCUT2D eigenvalue weighted by molar-refractivity contribution is -0.221. The summed E-state index contributed by atoms with van der Waals surface area (Å²) in [6.07, 6.45) is -5.13. The minimum Gasteiger partial charge on any atom is -0.386 e. The predicted molar refractivity (Wildman–Crippen MR) is 96.5 cm³/mol. The number of amides is 1. The first-order valence-corrected chi connectivity index (χ1v) is 8.78. The number of carbonyl (C=O) groups is 6. The Morgan fingerprint density at radius 1 is 0.862 bits per heavy atom. The van der Waals surface area contributed by atoms with Gasteiger partial charge in [-0.3, -0.25) is 28.8 Å². The quantitative estimate of drug-likeness (QED) is 0.210. The van der Waals surface area contributed by atoms with Crippen LogP contribution in [-0.4, -0.2) is 84.7 Å². The van der Waals surface area contributed by atoms with Crippen LogP contribution in [0.5, 0.6) is 0 Å². The molecule has 0 spiro atoms. The summed E-state index contributed by atoms with van der Waals surface area (Å²) in [6, 6.07) is -2.47. The van der Waals surface area contributed by atoms with Crippen molar-refractivity contribution in [2.75, 3.05) is 0 Å². The Bertz CT molecular complexity index is 717. The van der Waals surface area contributed by atoms with Crippen molar-refractivity contribution in [2.24, 2.45) is 0 Å². The Morgan fingerprint density at radius 2 is 1.31 bits per heavy atom. The van der Waals surface area contributed by atoms with Crippen molar-refractivity contribution in [2.45, 2.75) is 76.9 Å². The molecule has 11 nitrogen and oxygen atoms in total. The second-order valence-corrected chi connectivity index (χ2v) is 6.82. The van der Waals surface area contributed by atoms with E-state index in [0.717, 1.165) is 13.8 Å². The van der Waals surface area contributed by atoms with Crippen molar-refractivity contribution in [1.29, 1.82) is 0 Å². The van der Waals surface area contributed by atoms with Crippen LogP contribution < -0.4 is 5.32 Å². The highest BCUT2D eigenvalue weighted by Crippen LogP contribution is 2.34. The van der Waals surface area contributed by atoms with Crippen molar-refractivity contribution in [3.8, 4) is 0 Å². The molecule has 0 aliphatic heterocycles. The molecule has 5 N–H and O–H groups in total. The van der Waals surface area contributed by atoms with Crippen molar-refractivity contribution < 1.29 is 49.2 Å². The average Bonchev–Trinajstić information content (AvgIpc) is 2.62. The number of Topliss-reactive ketones (excluding diaryl/α,β-unsaturated/α-hetero) is 5. The molecule has 0 rings (SSSR count). The molecule has 0 fully saturated rings. The van der Waals surface area contributed by atoms with Crippen LogP contribution in [0.3, 0.4) is 0 Å². The summed E-state index contributed by atoms with van der Waals surface area (Å²) < 4.78 is 0. The minimum atomic E-state index is -3.63.